The molecule has 0 amide bonds. The van der Waals surface area contributed by atoms with Gasteiger partial charge in [-0.2, -0.15) is 5.26 Å². The summed E-state index contributed by atoms with van der Waals surface area (Å²) in [6.07, 6.45) is 3.05. The van der Waals surface area contributed by atoms with Crippen LogP contribution in [0.25, 0.3) is 83.3 Å². The van der Waals surface area contributed by atoms with Crippen LogP contribution < -0.4 is 0 Å². The molecule has 3 nitrogen and oxygen atoms in total. The predicted molar refractivity (Wildman–Crippen MR) is 202 cm³/mol. The second kappa shape index (κ2) is 10.7. The van der Waals surface area contributed by atoms with E-state index in [9.17, 15) is 5.26 Å². The third kappa shape index (κ3) is 4.28. The fourth-order valence-corrected chi connectivity index (χ4v) is 7.88. The molecule has 0 radical (unpaired) electrons. The van der Waals surface area contributed by atoms with E-state index in [1.165, 1.54) is 38.6 Å². The standard InChI is InChI=1S/C46H28N2O/c47-28-30-21-29(22-32(24-30)35-13-3-7-17-42(35)48-43-18-8-4-14-36(43)37-15-5-9-19-44(37)48)23-33-25-31-11-1-2-12-34(31)40-26-41-38-16-6-10-20-45(38)49-46(41)27-39(33)40/h1-24,26-27H,25H2/b33-23-. The second-order valence-corrected chi connectivity index (χ2v) is 12.8. The Labute approximate surface area is 283 Å². The Balaban J connectivity index is 1.17. The number of hydrogen-bond donors (Lipinski definition) is 0. The number of fused-ring (bicyclic) bond motifs is 9. The molecule has 0 unspecified atom stereocenters. The molecule has 7 aromatic carbocycles. The average Bonchev–Trinajstić information content (AvgIpc) is 3.69. The van der Waals surface area contributed by atoms with Gasteiger partial charge in [-0.25, -0.2) is 0 Å². The zero-order valence-corrected chi connectivity index (χ0v) is 26.5. The molecule has 0 spiro atoms. The molecule has 1 aliphatic rings. The Morgan fingerprint density at radius 1 is 0.551 bits per heavy atom. The summed E-state index contributed by atoms with van der Waals surface area (Å²) in [5, 5.41) is 15.0. The number of allylic oxidation sites excluding steroid dienone is 1. The number of furan rings is 1. The third-order valence-electron chi connectivity index (χ3n) is 10.0. The summed E-state index contributed by atoms with van der Waals surface area (Å²) in [7, 11) is 0. The maximum atomic E-state index is 10.3. The quantitative estimate of drug-likeness (QED) is 0.196. The molecule has 1 aliphatic carbocycles. The first-order valence-electron chi connectivity index (χ1n) is 16.6. The van der Waals surface area contributed by atoms with Crippen molar-refractivity contribution in [1.82, 2.24) is 4.57 Å². The highest BCUT2D eigenvalue weighted by Gasteiger charge is 2.23. The van der Waals surface area contributed by atoms with Gasteiger partial charge >= 0.3 is 0 Å². The monoisotopic (exact) mass is 624 g/mol. The van der Waals surface area contributed by atoms with Crippen molar-refractivity contribution < 1.29 is 4.42 Å². The second-order valence-electron chi connectivity index (χ2n) is 12.8. The number of nitrogens with zero attached hydrogens (tertiary/aromatic N) is 2. The number of nitriles is 1. The summed E-state index contributed by atoms with van der Waals surface area (Å²) in [5.74, 6) is 0. The highest BCUT2D eigenvalue weighted by molar-refractivity contribution is 6.11. The first kappa shape index (κ1) is 27.5. The van der Waals surface area contributed by atoms with Crippen LogP contribution in [0.2, 0.25) is 0 Å². The Morgan fingerprint density at radius 3 is 2.02 bits per heavy atom. The van der Waals surface area contributed by atoms with E-state index in [2.05, 4.69) is 144 Å². The number of rotatable bonds is 3. The van der Waals surface area contributed by atoms with Crippen molar-refractivity contribution in [1.29, 1.82) is 5.26 Å². The minimum Gasteiger partial charge on any atom is -0.456 e. The smallest absolute Gasteiger partial charge is 0.136 e. The van der Waals surface area contributed by atoms with E-state index in [-0.39, 0.29) is 0 Å². The Bertz CT molecular complexity index is 2820. The van der Waals surface area contributed by atoms with Crippen LogP contribution in [0.1, 0.15) is 22.3 Å². The van der Waals surface area contributed by atoms with Gasteiger partial charge in [-0.05, 0) is 100.0 Å². The van der Waals surface area contributed by atoms with Crippen molar-refractivity contribution in [3.8, 4) is 34.0 Å². The van der Waals surface area contributed by atoms with Crippen LogP contribution in [0.4, 0.5) is 0 Å². The summed E-state index contributed by atoms with van der Waals surface area (Å²) in [6.45, 7) is 0. The molecular formula is C46H28N2O. The zero-order chi connectivity index (χ0) is 32.5. The van der Waals surface area contributed by atoms with Gasteiger partial charge in [0, 0.05) is 27.1 Å². The van der Waals surface area contributed by atoms with E-state index in [0.29, 0.717) is 5.56 Å². The van der Waals surface area contributed by atoms with Crippen molar-refractivity contribution >= 4 is 55.4 Å². The average molecular weight is 625 g/mol. The number of para-hydroxylation sites is 4. The summed E-state index contributed by atoms with van der Waals surface area (Å²) in [5.41, 5.74) is 15.0. The van der Waals surface area contributed by atoms with Crippen LogP contribution in [-0.4, -0.2) is 4.57 Å². The van der Waals surface area contributed by atoms with Crippen molar-refractivity contribution in [3.63, 3.8) is 0 Å². The maximum absolute atomic E-state index is 10.3. The molecule has 0 saturated carbocycles. The van der Waals surface area contributed by atoms with E-state index in [1.54, 1.807) is 0 Å². The lowest BCUT2D eigenvalue weighted by molar-refractivity contribution is 0.669. The van der Waals surface area contributed by atoms with Crippen molar-refractivity contribution in [2.75, 3.05) is 0 Å². The Hall–Kier alpha value is -6.63. The molecule has 0 bridgehead atoms. The molecular weight excluding hydrogens is 597 g/mol. The van der Waals surface area contributed by atoms with Gasteiger partial charge in [0.25, 0.3) is 0 Å². The lowest BCUT2D eigenvalue weighted by Gasteiger charge is -2.23. The third-order valence-corrected chi connectivity index (χ3v) is 10.0. The van der Waals surface area contributed by atoms with Gasteiger partial charge in [0.1, 0.15) is 11.2 Å². The molecule has 0 atom stereocenters. The number of aromatic nitrogens is 1. The van der Waals surface area contributed by atoms with E-state index in [0.717, 1.165) is 61.8 Å². The lowest BCUT2D eigenvalue weighted by atomic mass is 9.81. The van der Waals surface area contributed by atoms with Crippen molar-refractivity contribution in [2.24, 2.45) is 0 Å². The van der Waals surface area contributed by atoms with Crippen LogP contribution in [0.15, 0.2) is 156 Å². The van der Waals surface area contributed by atoms with E-state index >= 15 is 0 Å². The Kier molecular flexibility index (Phi) is 6.00. The normalized spacial score (nSPS) is 13.2. The first-order valence-corrected chi connectivity index (χ1v) is 16.6. The van der Waals surface area contributed by atoms with Gasteiger partial charge in [-0.15, -0.1) is 0 Å². The van der Waals surface area contributed by atoms with Gasteiger partial charge < -0.3 is 8.98 Å². The van der Waals surface area contributed by atoms with Gasteiger partial charge in [0.2, 0.25) is 0 Å². The summed E-state index contributed by atoms with van der Waals surface area (Å²) in [4.78, 5) is 0. The summed E-state index contributed by atoms with van der Waals surface area (Å²) >= 11 is 0. The minimum absolute atomic E-state index is 0.630. The van der Waals surface area contributed by atoms with Crippen LogP contribution in [-0.2, 0) is 6.42 Å². The molecule has 0 fully saturated rings. The molecule has 0 aliphatic heterocycles. The zero-order valence-electron chi connectivity index (χ0n) is 26.5. The van der Waals surface area contributed by atoms with E-state index < -0.39 is 0 Å². The topological polar surface area (TPSA) is 41.9 Å². The minimum atomic E-state index is 0.630. The van der Waals surface area contributed by atoms with Crippen LogP contribution in [0.3, 0.4) is 0 Å². The summed E-state index contributed by atoms with van der Waals surface area (Å²) < 4.78 is 8.71. The highest BCUT2D eigenvalue weighted by atomic mass is 16.3. The highest BCUT2D eigenvalue weighted by Crippen LogP contribution is 2.44. The SMILES string of the molecule is N#Cc1cc(/C=C2/Cc3ccccc3-c3cc4c(cc32)oc2ccccc24)cc(-c2ccccc2-n2c3ccccc3c3ccccc32)c1. The van der Waals surface area contributed by atoms with Crippen LogP contribution >= 0.6 is 0 Å². The molecule has 3 heteroatoms. The van der Waals surface area contributed by atoms with E-state index in [1.807, 2.05) is 24.3 Å². The molecule has 228 valence electrons. The van der Waals surface area contributed by atoms with Crippen LogP contribution in [0, 0.1) is 11.3 Å². The number of hydrogen-bond acceptors (Lipinski definition) is 2. The first-order chi connectivity index (χ1) is 24.2. The fourth-order valence-electron chi connectivity index (χ4n) is 7.88. The predicted octanol–water partition coefficient (Wildman–Crippen LogP) is 12.0. The maximum Gasteiger partial charge on any atom is 0.136 e. The molecule has 2 heterocycles. The molecule has 2 aromatic heterocycles. The Morgan fingerprint density at radius 2 is 1.22 bits per heavy atom. The van der Waals surface area contributed by atoms with Crippen LogP contribution in [0.5, 0.6) is 0 Å². The van der Waals surface area contributed by atoms with Gasteiger partial charge in [0.15, 0.2) is 0 Å². The van der Waals surface area contributed by atoms with Crippen molar-refractivity contribution in [3.05, 3.63) is 174 Å². The number of benzene rings is 7. The summed E-state index contributed by atoms with van der Waals surface area (Å²) in [6, 6.07) is 55.8. The lowest BCUT2D eigenvalue weighted by Crippen LogP contribution is -2.03. The molecule has 9 aromatic rings. The molecule has 0 N–H and O–H groups in total. The van der Waals surface area contributed by atoms with Gasteiger partial charge in [0.05, 0.1) is 28.4 Å². The van der Waals surface area contributed by atoms with Gasteiger partial charge in [-0.3, -0.25) is 0 Å². The van der Waals surface area contributed by atoms with Gasteiger partial charge in [-0.1, -0.05) is 103 Å². The molecule has 49 heavy (non-hydrogen) atoms. The molecule has 0 saturated heterocycles. The van der Waals surface area contributed by atoms with E-state index in [4.69, 9.17) is 4.42 Å². The fraction of sp³-hybridized carbons (Fsp3) is 0.0217. The van der Waals surface area contributed by atoms with Crippen molar-refractivity contribution in [2.45, 2.75) is 6.42 Å². The molecule has 10 rings (SSSR count). The largest absolute Gasteiger partial charge is 0.456 e.